The zero-order chi connectivity index (χ0) is 25.2. The van der Waals surface area contributed by atoms with Gasteiger partial charge in [0.05, 0.1) is 16.7 Å². The minimum absolute atomic E-state index is 0.0137. The Hall–Kier alpha value is -2.94. The number of anilines is 3. The fourth-order valence-electron chi connectivity index (χ4n) is 3.78. The predicted octanol–water partition coefficient (Wildman–Crippen LogP) is 4.49. The van der Waals surface area contributed by atoms with Gasteiger partial charge in [-0.15, -0.1) is 0 Å². The van der Waals surface area contributed by atoms with E-state index in [9.17, 15) is 21.7 Å². The van der Waals surface area contributed by atoms with Gasteiger partial charge in [0.15, 0.2) is 38.8 Å². The second kappa shape index (κ2) is 8.33. The van der Waals surface area contributed by atoms with E-state index in [1.807, 2.05) is 0 Å². The van der Waals surface area contributed by atoms with Crippen molar-refractivity contribution in [2.75, 3.05) is 24.7 Å². The fraction of sp³-hybridized carbons (Fsp3) is 0.100. The van der Waals surface area contributed by atoms with Crippen LogP contribution in [0.1, 0.15) is 0 Å². The lowest BCUT2D eigenvalue weighted by Gasteiger charge is -2.26. The Labute approximate surface area is 210 Å². The van der Waals surface area contributed by atoms with Gasteiger partial charge in [0.2, 0.25) is 0 Å². The molecule has 11 nitrogen and oxygen atoms in total. The van der Waals surface area contributed by atoms with Crippen molar-refractivity contribution in [3.8, 4) is 23.0 Å². The van der Waals surface area contributed by atoms with Crippen molar-refractivity contribution in [2.24, 2.45) is 4.99 Å². The lowest BCUT2D eigenvalue weighted by Crippen LogP contribution is -2.17. The highest BCUT2D eigenvalue weighted by atomic mass is 35.5. The molecule has 1 atom stereocenters. The molecule has 0 fully saturated rings. The quantitative estimate of drug-likeness (QED) is 0.141. The first-order valence-corrected chi connectivity index (χ1v) is 13.0. The minimum Gasteiger partial charge on any atom is -0.450 e. The van der Waals surface area contributed by atoms with Crippen LogP contribution in [0.15, 0.2) is 43.5 Å². The van der Waals surface area contributed by atoms with Gasteiger partial charge in [0, 0.05) is 14.1 Å². The molecule has 0 aromatic heterocycles. The largest absolute Gasteiger partial charge is 0.450 e. The predicted molar refractivity (Wildman–Crippen MR) is 130 cm³/mol. The molecule has 0 saturated carbocycles. The normalized spacial score (nSPS) is 14.3. The number of ether oxygens (including phenoxy) is 1. The molecule has 35 heavy (non-hydrogen) atoms. The lowest BCUT2D eigenvalue weighted by atomic mass is 10.1. The molecular formula is C20H14Cl2N4O7S2. The molecule has 2 aromatic rings. The summed E-state index contributed by atoms with van der Waals surface area (Å²) in [7, 11) is -1.79. The van der Waals surface area contributed by atoms with E-state index < -0.39 is 26.1 Å². The summed E-state index contributed by atoms with van der Waals surface area (Å²) < 4.78 is 67.7. The summed E-state index contributed by atoms with van der Waals surface area (Å²) in [5, 5.41) is 5.71. The Kier molecular flexibility index (Phi) is 5.66. The Balaban J connectivity index is 1.84. The smallest absolute Gasteiger partial charge is 0.300 e. The van der Waals surface area contributed by atoms with Crippen LogP contribution in [0.3, 0.4) is 0 Å². The maximum Gasteiger partial charge on any atom is 0.300 e. The molecule has 2 aromatic carbocycles. The molecule has 1 aliphatic carbocycles. The topological polar surface area (TPSA) is 163 Å². The van der Waals surface area contributed by atoms with Crippen molar-refractivity contribution >= 4 is 72.6 Å². The van der Waals surface area contributed by atoms with E-state index in [1.54, 1.807) is 19.2 Å². The Morgan fingerprint density at radius 1 is 1.17 bits per heavy atom. The van der Waals surface area contributed by atoms with Gasteiger partial charge in [-0.2, -0.15) is 8.42 Å². The molecular weight excluding hydrogens is 543 g/mol. The summed E-state index contributed by atoms with van der Waals surface area (Å²) in [6.45, 7) is 0. The molecule has 15 heteroatoms. The average Bonchev–Trinajstić information content (AvgIpc) is 2.83. The van der Waals surface area contributed by atoms with Crippen molar-refractivity contribution in [1.82, 2.24) is 4.98 Å². The Bertz CT molecular complexity index is 1740. The van der Waals surface area contributed by atoms with Crippen molar-refractivity contribution in [2.45, 2.75) is 9.79 Å². The van der Waals surface area contributed by atoms with Crippen LogP contribution in [0.25, 0.3) is 22.6 Å². The maximum atomic E-state index is 12.1. The first kappa shape index (κ1) is 23.8. The third kappa shape index (κ3) is 3.63. The number of aromatic nitrogens is 1. The SMILES string of the molecule is CN=c1ccc2nc3c(Cl)c4c(c(Cl)c3oc-2c1S(=O)(=O)O)Nc1ccc(NC)c(S(=O)O)c1O4. The van der Waals surface area contributed by atoms with Gasteiger partial charge >= 0.3 is 10.1 Å². The van der Waals surface area contributed by atoms with Crippen LogP contribution in [0.2, 0.25) is 10.0 Å². The van der Waals surface area contributed by atoms with E-state index in [4.69, 9.17) is 32.4 Å². The number of fused-ring (bicyclic) bond motifs is 4. The molecule has 2 aliphatic heterocycles. The molecule has 1 unspecified atom stereocenters. The number of hydrogen-bond donors (Lipinski definition) is 4. The lowest BCUT2D eigenvalue weighted by molar-refractivity contribution is 0.464. The van der Waals surface area contributed by atoms with Crippen LogP contribution < -0.4 is 20.7 Å². The van der Waals surface area contributed by atoms with Gasteiger partial charge in [-0.05, 0) is 24.3 Å². The number of hydrogen-bond acceptors (Lipinski definition) is 9. The summed E-state index contributed by atoms with van der Waals surface area (Å²) in [6.07, 6.45) is 0. The van der Waals surface area contributed by atoms with Gasteiger partial charge in [0.1, 0.15) is 31.8 Å². The fourth-order valence-corrected chi connectivity index (χ4v) is 5.78. The summed E-state index contributed by atoms with van der Waals surface area (Å²) in [5.41, 5.74) is 0.857. The van der Waals surface area contributed by atoms with Crippen LogP contribution in [-0.4, -0.2) is 40.8 Å². The number of rotatable bonds is 3. The third-order valence-electron chi connectivity index (χ3n) is 5.29. The van der Waals surface area contributed by atoms with E-state index in [-0.39, 0.29) is 60.0 Å². The van der Waals surface area contributed by atoms with Crippen molar-refractivity contribution in [3.63, 3.8) is 0 Å². The van der Waals surface area contributed by atoms with E-state index in [0.717, 1.165) is 0 Å². The molecule has 4 N–H and O–H groups in total. The van der Waals surface area contributed by atoms with Crippen molar-refractivity contribution < 1.29 is 30.9 Å². The second-order valence-electron chi connectivity index (χ2n) is 7.23. The third-order valence-corrected chi connectivity index (χ3v) is 7.67. The Morgan fingerprint density at radius 2 is 1.91 bits per heavy atom. The van der Waals surface area contributed by atoms with E-state index in [2.05, 4.69) is 20.6 Å². The van der Waals surface area contributed by atoms with Crippen LogP contribution in [0.5, 0.6) is 11.5 Å². The molecule has 0 radical (unpaired) electrons. The van der Waals surface area contributed by atoms with Crippen molar-refractivity contribution in [1.29, 1.82) is 0 Å². The summed E-state index contributed by atoms with van der Waals surface area (Å²) in [5.74, 6) is -0.188. The van der Waals surface area contributed by atoms with Crippen LogP contribution in [-0.2, 0) is 21.2 Å². The number of nitrogens with one attached hydrogen (secondary N) is 2. The van der Waals surface area contributed by atoms with Gasteiger partial charge < -0.3 is 24.3 Å². The standard InChI is InChI=1S/C20H14Cl2N4O7S2/c1-23-9-5-3-7-15(19(9)34(27)28)32-17-11(21)14-18(12(22)13(17)25-7)33-16-8(26-14)4-6-10(24-2)20(16)35(29,30)31/h3-6,23,25H,1-2H3,(H,27,28)(H,29,30,31). The molecule has 182 valence electrons. The Morgan fingerprint density at radius 3 is 2.54 bits per heavy atom. The van der Waals surface area contributed by atoms with Crippen LogP contribution >= 0.6 is 23.2 Å². The summed E-state index contributed by atoms with van der Waals surface area (Å²) >= 11 is 10.8. The number of benzene rings is 3. The highest BCUT2D eigenvalue weighted by Crippen LogP contribution is 2.54. The van der Waals surface area contributed by atoms with Gasteiger partial charge in [-0.25, -0.2) is 9.19 Å². The van der Waals surface area contributed by atoms with Gasteiger partial charge in [0.25, 0.3) is 0 Å². The van der Waals surface area contributed by atoms with Crippen molar-refractivity contribution in [3.05, 3.63) is 39.7 Å². The van der Waals surface area contributed by atoms with E-state index in [1.165, 1.54) is 19.2 Å². The number of halogens is 2. The van der Waals surface area contributed by atoms with Gasteiger partial charge in [-0.1, -0.05) is 23.2 Å². The molecule has 2 heterocycles. The highest BCUT2D eigenvalue weighted by Gasteiger charge is 2.32. The second-order valence-corrected chi connectivity index (χ2v) is 10.3. The molecule has 0 saturated heterocycles. The molecule has 0 spiro atoms. The first-order valence-electron chi connectivity index (χ1n) is 9.66. The molecule has 0 amide bonds. The monoisotopic (exact) mass is 556 g/mol. The highest BCUT2D eigenvalue weighted by molar-refractivity contribution is 7.86. The van der Waals surface area contributed by atoms with E-state index >= 15 is 0 Å². The molecule has 5 rings (SSSR count). The number of nitrogens with zero attached hydrogens (tertiary/aromatic N) is 2. The van der Waals surface area contributed by atoms with Crippen LogP contribution in [0.4, 0.5) is 17.1 Å². The molecule has 0 bridgehead atoms. The molecule has 3 aliphatic rings. The van der Waals surface area contributed by atoms with Gasteiger partial charge in [-0.3, -0.25) is 9.55 Å². The maximum absolute atomic E-state index is 12.1. The zero-order valence-corrected chi connectivity index (χ0v) is 20.9. The first-order chi connectivity index (χ1) is 16.6. The average molecular weight is 557 g/mol. The summed E-state index contributed by atoms with van der Waals surface area (Å²) in [4.78, 5) is 7.67. The minimum atomic E-state index is -4.74. The van der Waals surface area contributed by atoms with E-state index in [0.29, 0.717) is 11.4 Å². The zero-order valence-electron chi connectivity index (χ0n) is 17.7. The van der Waals surface area contributed by atoms with Crippen LogP contribution in [0, 0.1) is 0 Å². The summed E-state index contributed by atoms with van der Waals surface area (Å²) in [6, 6.07) is 5.98.